The lowest BCUT2D eigenvalue weighted by atomic mass is 9.97. The van der Waals surface area contributed by atoms with Crippen LogP contribution in [0, 0.1) is 0 Å². The topological polar surface area (TPSA) is 296 Å². The van der Waals surface area contributed by atoms with Crippen molar-refractivity contribution in [3.05, 3.63) is 40.6 Å². The molecule has 1 aromatic heterocycles. The summed E-state index contributed by atoms with van der Waals surface area (Å²) in [5.74, 6) is -4.29. The molecule has 2 aromatic carbocycles. The second kappa shape index (κ2) is 13.5. The van der Waals surface area contributed by atoms with Crippen LogP contribution < -0.4 is 10.2 Å². The lowest BCUT2D eigenvalue weighted by molar-refractivity contribution is -0.353. The first kappa shape index (κ1) is 34.1. The van der Waals surface area contributed by atoms with Gasteiger partial charge in [0.1, 0.15) is 77.9 Å². The number of rotatable bonds is 8. The summed E-state index contributed by atoms with van der Waals surface area (Å²) in [6.45, 7) is -0.388. The maximum Gasteiger partial charge on any atom is 0.302 e. The van der Waals surface area contributed by atoms with Gasteiger partial charge in [-0.05, 0) is 18.2 Å². The first-order chi connectivity index (χ1) is 22.2. The van der Waals surface area contributed by atoms with Gasteiger partial charge >= 0.3 is 5.97 Å². The highest BCUT2D eigenvalue weighted by atomic mass is 16.7. The van der Waals surface area contributed by atoms with Crippen LogP contribution >= 0.6 is 0 Å². The third kappa shape index (κ3) is 6.63. The van der Waals surface area contributed by atoms with Gasteiger partial charge in [-0.15, -0.1) is 0 Å². The van der Waals surface area contributed by atoms with Crippen molar-refractivity contribution in [2.45, 2.75) is 68.3 Å². The highest BCUT2D eigenvalue weighted by Crippen LogP contribution is 2.40. The van der Waals surface area contributed by atoms with Crippen LogP contribution in [-0.4, -0.2) is 132 Å². The summed E-state index contributed by atoms with van der Waals surface area (Å²) in [4.78, 5) is 25.0. The Labute approximate surface area is 263 Å². The fourth-order valence-electron chi connectivity index (χ4n) is 5.18. The smallest absolute Gasteiger partial charge is 0.302 e. The van der Waals surface area contributed by atoms with Gasteiger partial charge in [-0.1, -0.05) is 0 Å². The molecule has 10 atom stereocenters. The Morgan fingerprint density at radius 1 is 0.809 bits per heavy atom. The zero-order chi connectivity index (χ0) is 34.3. The van der Waals surface area contributed by atoms with E-state index in [1.165, 1.54) is 6.07 Å². The first-order valence-corrected chi connectivity index (χ1v) is 14.0. The van der Waals surface area contributed by atoms with E-state index in [4.69, 9.17) is 28.1 Å². The number of aliphatic hydroxyl groups excluding tert-OH is 6. The number of fused-ring (bicyclic) bond motifs is 1. The van der Waals surface area contributed by atoms with Crippen molar-refractivity contribution in [2.24, 2.45) is 0 Å². The van der Waals surface area contributed by atoms with E-state index < -0.39 is 126 Å². The minimum atomic E-state index is -2.07. The maximum atomic E-state index is 13.7. The average molecular weight is 669 g/mol. The van der Waals surface area contributed by atoms with Gasteiger partial charge in [0.15, 0.2) is 23.5 Å². The summed E-state index contributed by atoms with van der Waals surface area (Å²) >= 11 is 0. The molecule has 0 spiro atoms. The number of phenolic OH excluding ortho intramolecular Hbond substituents is 4. The normalized spacial score (nSPS) is 31.0. The summed E-state index contributed by atoms with van der Waals surface area (Å²) in [5.41, 5.74) is -1.47. The summed E-state index contributed by atoms with van der Waals surface area (Å²) < 4.78 is 32.9. The number of carbonyl (C=O) groups excluding carboxylic acids is 1. The van der Waals surface area contributed by atoms with Crippen molar-refractivity contribution in [1.82, 2.24) is 0 Å². The van der Waals surface area contributed by atoms with Crippen molar-refractivity contribution >= 4 is 16.9 Å². The molecule has 3 heterocycles. The molecule has 0 bridgehead atoms. The zero-order valence-electron chi connectivity index (χ0n) is 24.3. The number of aromatic hydroxyl groups is 4. The number of phenols is 4. The SMILES string of the molecule is CC(=O)OCC1O[C@@H](O[C@@H]2C(O)[C@H](Oc3c(-c4ccc(O)c(O)c4)oc4cc(O)cc(O)c4c3=O)OC(CO)[C@@H]2O)C(O)[C@@H](O)[C@@H]1O. The molecule has 10 N–H and O–H groups in total. The molecular formula is C29H32O18. The van der Waals surface area contributed by atoms with Gasteiger partial charge < -0.3 is 79.2 Å². The molecule has 0 radical (unpaired) electrons. The number of esters is 1. The van der Waals surface area contributed by atoms with Gasteiger partial charge in [0.25, 0.3) is 0 Å². The quantitative estimate of drug-likeness (QED) is 0.0904. The molecule has 2 saturated heterocycles. The van der Waals surface area contributed by atoms with Crippen LogP contribution in [0.4, 0.5) is 0 Å². The Balaban J connectivity index is 1.52. The van der Waals surface area contributed by atoms with E-state index >= 15 is 0 Å². The summed E-state index contributed by atoms with van der Waals surface area (Å²) in [5, 5.41) is 103. The van der Waals surface area contributed by atoms with Crippen LogP contribution in [0.25, 0.3) is 22.3 Å². The molecule has 18 heteroatoms. The first-order valence-electron chi connectivity index (χ1n) is 14.0. The van der Waals surface area contributed by atoms with Crippen molar-refractivity contribution in [3.63, 3.8) is 0 Å². The molecule has 0 saturated carbocycles. The number of hydrogen-bond acceptors (Lipinski definition) is 18. The number of carbonyl (C=O) groups is 1. The molecule has 5 rings (SSSR count). The van der Waals surface area contributed by atoms with Crippen LogP contribution in [0.15, 0.2) is 39.5 Å². The Bertz CT molecular complexity index is 1670. The van der Waals surface area contributed by atoms with Crippen LogP contribution in [0.1, 0.15) is 6.92 Å². The van der Waals surface area contributed by atoms with Crippen molar-refractivity contribution in [3.8, 4) is 40.1 Å². The van der Waals surface area contributed by atoms with Gasteiger partial charge in [0.05, 0.1) is 6.61 Å². The molecule has 2 fully saturated rings. The summed E-state index contributed by atoms with van der Waals surface area (Å²) in [7, 11) is 0. The largest absolute Gasteiger partial charge is 0.508 e. The second-order valence-electron chi connectivity index (χ2n) is 10.9. The Hall–Kier alpha value is -4.24. The Kier molecular flexibility index (Phi) is 9.78. The molecule has 256 valence electrons. The maximum absolute atomic E-state index is 13.7. The van der Waals surface area contributed by atoms with Gasteiger partial charge in [0.2, 0.25) is 17.5 Å². The van der Waals surface area contributed by atoms with Crippen LogP contribution in [0.2, 0.25) is 0 Å². The van der Waals surface area contributed by atoms with Crippen molar-refractivity contribution in [1.29, 1.82) is 0 Å². The Morgan fingerprint density at radius 3 is 2.17 bits per heavy atom. The number of hydrogen-bond donors (Lipinski definition) is 10. The van der Waals surface area contributed by atoms with E-state index in [-0.39, 0.29) is 11.1 Å². The van der Waals surface area contributed by atoms with Gasteiger partial charge in [0, 0.05) is 24.6 Å². The zero-order valence-corrected chi connectivity index (χ0v) is 24.3. The molecular weight excluding hydrogens is 636 g/mol. The molecule has 18 nitrogen and oxygen atoms in total. The fourth-order valence-corrected chi connectivity index (χ4v) is 5.18. The van der Waals surface area contributed by atoms with Crippen molar-refractivity contribution < 1.29 is 84.0 Å². The lowest BCUT2D eigenvalue weighted by Gasteiger charge is -2.45. The molecule has 2 aliphatic rings. The lowest BCUT2D eigenvalue weighted by Crippen LogP contribution is -2.65. The highest BCUT2D eigenvalue weighted by Gasteiger charge is 2.52. The number of benzene rings is 2. The highest BCUT2D eigenvalue weighted by molar-refractivity contribution is 5.88. The monoisotopic (exact) mass is 668 g/mol. The van der Waals surface area contributed by atoms with Crippen LogP contribution in [0.5, 0.6) is 28.7 Å². The molecule has 47 heavy (non-hydrogen) atoms. The third-order valence-corrected chi connectivity index (χ3v) is 7.62. The van der Waals surface area contributed by atoms with E-state index in [9.17, 15) is 60.7 Å². The standard InChI is InChI=1S/C29H32O18/c1-9(31)42-8-17-19(36)22(39)23(40)28(45-17)46-26-20(37)16(7-30)44-29(24(26)41)47-27-21(38)18-14(35)5-11(32)6-15(18)43-25(27)10-2-3-12(33)13(34)4-10/h2-6,16-17,19-20,22-24,26,28-30,32-37,39-41H,7-8H2,1H3/t16?,17?,19-,20+,22+,23?,24?,26+,28+,29+/m1/s1. The van der Waals surface area contributed by atoms with Crippen LogP contribution in [-0.2, 0) is 23.7 Å². The number of ether oxygens (including phenoxy) is 5. The van der Waals surface area contributed by atoms with E-state index in [0.717, 1.165) is 31.2 Å². The van der Waals surface area contributed by atoms with Gasteiger partial charge in [-0.25, -0.2) is 0 Å². The predicted octanol–water partition coefficient (Wildman–Crippen LogP) is -2.14. The van der Waals surface area contributed by atoms with E-state index in [1.807, 2.05) is 0 Å². The molecule has 2 aliphatic heterocycles. The minimum absolute atomic E-state index is 0.0703. The van der Waals surface area contributed by atoms with E-state index in [1.54, 1.807) is 0 Å². The molecule has 0 aliphatic carbocycles. The van der Waals surface area contributed by atoms with Gasteiger partial charge in [-0.3, -0.25) is 9.59 Å². The minimum Gasteiger partial charge on any atom is -0.508 e. The third-order valence-electron chi connectivity index (χ3n) is 7.62. The molecule has 3 aromatic rings. The average Bonchev–Trinajstić information content (AvgIpc) is 3.01. The predicted molar refractivity (Wildman–Crippen MR) is 151 cm³/mol. The fraction of sp³-hybridized carbons (Fsp3) is 0.448. The molecule has 0 amide bonds. The van der Waals surface area contributed by atoms with Crippen molar-refractivity contribution in [2.75, 3.05) is 13.2 Å². The van der Waals surface area contributed by atoms with Crippen LogP contribution in [0.3, 0.4) is 0 Å². The summed E-state index contributed by atoms with van der Waals surface area (Å²) in [6.07, 6.45) is -18.2. The Morgan fingerprint density at radius 2 is 1.51 bits per heavy atom. The number of aliphatic hydroxyl groups is 6. The van der Waals surface area contributed by atoms with E-state index in [0.29, 0.717) is 0 Å². The molecule has 4 unspecified atom stereocenters. The van der Waals surface area contributed by atoms with E-state index in [2.05, 4.69) is 0 Å². The summed E-state index contributed by atoms with van der Waals surface area (Å²) in [6, 6.07) is 5.12. The van der Waals surface area contributed by atoms with Gasteiger partial charge in [-0.2, -0.15) is 0 Å². The second-order valence-corrected chi connectivity index (χ2v) is 10.9.